The van der Waals surface area contributed by atoms with E-state index in [1.165, 1.54) is 42.7 Å². The number of ether oxygens (including phenoxy) is 1. The molecule has 0 radical (unpaired) electrons. The van der Waals surface area contributed by atoms with Crippen LogP contribution in [0.1, 0.15) is 33.6 Å². The highest BCUT2D eigenvalue weighted by Gasteiger charge is 2.33. The van der Waals surface area contributed by atoms with Crippen molar-refractivity contribution >= 4 is 6.21 Å². The molecule has 0 aromatic rings. The fourth-order valence-corrected chi connectivity index (χ4v) is 4.06. The number of fused-ring (bicyclic) bond motifs is 1. The standard InChI is InChI=1S/C23H32N2O/c1-5-24-13-10-17(2)19-6-8-21-22(20-11-14-25(4)15-12-20)16-18(3)26-23(21)9-7-19/h6-10,13,16,20,22-23H,5,11-12,14-15H2,1-4H3/b17-10+,24-13?. The van der Waals surface area contributed by atoms with Gasteiger partial charge >= 0.3 is 0 Å². The number of rotatable bonds is 4. The molecule has 2 heterocycles. The molecule has 140 valence electrons. The monoisotopic (exact) mass is 352 g/mol. The second-order valence-electron chi connectivity index (χ2n) is 7.63. The lowest BCUT2D eigenvalue weighted by Crippen LogP contribution is -2.36. The highest BCUT2D eigenvalue weighted by molar-refractivity contribution is 5.74. The van der Waals surface area contributed by atoms with E-state index in [0.717, 1.165) is 18.2 Å². The first kappa shape index (κ1) is 18.9. The van der Waals surface area contributed by atoms with Gasteiger partial charge in [0.1, 0.15) is 6.10 Å². The van der Waals surface area contributed by atoms with Crippen molar-refractivity contribution in [2.45, 2.75) is 39.7 Å². The third-order valence-corrected chi connectivity index (χ3v) is 5.69. The summed E-state index contributed by atoms with van der Waals surface area (Å²) in [4.78, 5) is 6.73. The minimum absolute atomic E-state index is 0.0653. The average Bonchev–Trinajstić information content (AvgIpc) is 2.84. The fraction of sp³-hybridized carbons (Fsp3) is 0.522. The summed E-state index contributed by atoms with van der Waals surface area (Å²) in [7, 11) is 2.23. The van der Waals surface area contributed by atoms with Crippen LogP contribution in [0.15, 0.2) is 63.9 Å². The van der Waals surface area contributed by atoms with Crippen molar-refractivity contribution < 1.29 is 4.74 Å². The van der Waals surface area contributed by atoms with E-state index in [4.69, 9.17) is 4.74 Å². The second kappa shape index (κ2) is 8.68. The van der Waals surface area contributed by atoms with Crippen molar-refractivity contribution in [2.75, 3.05) is 26.7 Å². The number of likely N-dealkylation sites (tertiary alicyclic amines) is 1. The van der Waals surface area contributed by atoms with Crippen LogP contribution < -0.4 is 0 Å². The lowest BCUT2D eigenvalue weighted by Gasteiger charge is -2.38. The molecule has 2 aliphatic heterocycles. The zero-order valence-corrected chi connectivity index (χ0v) is 16.6. The van der Waals surface area contributed by atoms with Crippen LogP contribution in [0.5, 0.6) is 0 Å². The SMILES string of the molecule is CCN=C/C=C(\C)C1=CC=C2C(C=C1)OC(C)=CC2C1CCN(C)CC1. The number of hydrogen-bond donors (Lipinski definition) is 0. The zero-order chi connectivity index (χ0) is 18.5. The quantitative estimate of drug-likeness (QED) is 0.685. The van der Waals surface area contributed by atoms with Gasteiger partial charge in [-0.2, -0.15) is 0 Å². The summed E-state index contributed by atoms with van der Waals surface area (Å²) in [5, 5.41) is 0. The molecule has 0 aromatic heterocycles. The van der Waals surface area contributed by atoms with Crippen molar-refractivity contribution in [1.29, 1.82) is 0 Å². The van der Waals surface area contributed by atoms with E-state index in [1.807, 2.05) is 6.21 Å². The molecule has 26 heavy (non-hydrogen) atoms. The van der Waals surface area contributed by atoms with Gasteiger partial charge in [-0.15, -0.1) is 0 Å². The highest BCUT2D eigenvalue weighted by Crippen LogP contribution is 2.39. The number of hydrogen-bond acceptors (Lipinski definition) is 3. The minimum atomic E-state index is 0.0653. The molecule has 3 aliphatic rings. The van der Waals surface area contributed by atoms with Crippen LogP contribution in [-0.4, -0.2) is 43.9 Å². The maximum atomic E-state index is 6.16. The molecule has 3 nitrogen and oxygen atoms in total. The molecular weight excluding hydrogens is 320 g/mol. The summed E-state index contributed by atoms with van der Waals surface area (Å²) in [5.41, 5.74) is 3.87. The number of aliphatic imine (C=N–C) groups is 1. The van der Waals surface area contributed by atoms with Crippen molar-refractivity contribution in [3.63, 3.8) is 0 Å². The molecule has 0 spiro atoms. The number of piperidine rings is 1. The van der Waals surface area contributed by atoms with Crippen molar-refractivity contribution in [2.24, 2.45) is 16.8 Å². The van der Waals surface area contributed by atoms with Crippen molar-refractivity contribution in [1.82, 2.24) is 4.90 Å². The molecule has 0 saturated carbocycles. The van der Waals surface area contributed by atoms with Crippen molar-refractivity contribution in [3.8, 4) is 0 Å². The van der Waals surface area contributed by atoms with Crippen LogP contribution in [0.25, 0.3) is 0 Å². The minimum Gasteiger partial charge on any atom is -0.487 e. The summed E-state index contributed by atoms with van der Waals surface area (Å²) in [5.74, 6) is 2.27. The van der Waals surface area contributed by atoms with Crippen LogP contribution >= 0.6 is 0 Å². The Bertz CT molecular complexity index is 685. The van der Waals surface area contributed by atoms with E-state index < -0.39 is 0 Å². The number of nitrogens with zero attached hydrogens (tertiary/aromatic N) is 2. The first-order chi connectivity index (χ1) is 12.6. The largest absolute Gasteiger partial charge is 0.487 e. The normalized spacial score (nSPS) is 28.2. The van der Waals surface area contributed by atoms with Gasteiger partial charge in [-0.25, -0.2) is 0 Å². The van der Waals surface area contributed by atoms with Gasteiger partial charge in [-0.05, 0) is 94.6 Å². The summed E-state index contributed by atoms with van der Waals surface area (Å²) < 4.78 is 6.16. The van der Waals surface area contributed by atoms with E-state index in [1.54, 1.807) is 0 Å². The Labute approximate surface area is 158 Å². The lowest BCUT2D eigenvalue weighted by atomic mass is 9.76. The molecule has 3 heteroatoms. The average molecular weight is 353 g/mol. The maximum Gasteiger partial charge on any atom is 0.139 e. The van der Waals surface area contributed by atoms with Crippen molar-refractivity contribution in [3.05, 3.63) is 58.9 Å². The summed E-state index contributed by atoms with van der Waals surface area (Å²) >= 11 is 0. The summed E-state index contributed by atoms with van der Waals surface area (Å²) in [6.45, 7) is 9.50. The Balaban J connectivity index is 1.85. The molecule has 1 saturated heterocycles. The topological polar surface area (TPSA) is 24.8 Å². The van der Waals surface area contributed by atoms with Crippen LogP contribution in [0, 0.1) is 11.8 Å². The molecule has 2 atom stereocenters. The highest BCUT2D eigenvalue weighted by atomic mass is 16.5. The van der Waals surface area contributed by atoms with E-state index in [2.05, 4.69) is 74.2 Å². The molecule has 2 unspecified atom stereocenters. The molecule has 3 rings (SSSR count). The Kier molecular flexibility index (Phi) is 6.31. The molecule has 0 amide bonds. The van der Waals surface area contributed by atoms with Gasteiger partial charge in [0.15, 0.2) is 0 Å². The van der Waals surface area contributed by atoms with E-state index in [9.17, 15) is 0 Å². The zero-order valence-electron chi connectivity index (χ0n) is 16.6. The Hall–Kier alpha value is -1.87. The van der Waals surface area contributed by atoms with Gasteiger partial charge < -0.3 is 9.64 Å². The Morgan fingerprint density at radius 1 is 1.31 bits per heavy atom. The van der Waals surface area contributed by atoms with Crippen LogP contribution in [-0.2, 0) is 4.74 Å². The van der Waals surface area contributed by atoms with Crippen LogP contribution in [0.3, 0.4) is 0 Å². The molecule has 1 fully saturated rings. The Morgan fingerprint density at radius 2 is 2.08 bits per heavy atom. The first-order valence-corrected chi connectivity index (χ1v) is 9.89. The third-order valence-electron chi connectivity index (χ3n) is 5.69. The molecule has 0 N–H and O–H groups in total. The Morgan fingerprint density at radius 3 is 2.81 bits per heavy atom. The maximum absolute atomic E-state index is 6.16. The molecular formula is C23H32N2O. The number of allylic oxidation sites excluding steroid dienone is 8. The smallest absolute Gasteiger partial charge is 0.139 e. The lowest BCUT2D eigenvalue weighted by molar-refractivity contribution is 0.132. The van der Waals surface area contributed by atoms with Gasteiger partial charge in [0.2, 0.25) is 0 Å². The van der Waals surface area contributed by atoms with E-state index >= 15 is 0 Å². The first-order valence-electron chi connectivity index (χ1n) is 9.89. The fourth-order valence-electron chi connectivity index (χ4n) is 4.06. The molecule has 0 bridgehead atoms. The second-order valence-corrected chi connectivity index (χ2v) is 7.63. The molecule has 1 aliphatic carbocycles. The van der Waals surface area contributed by atoms with Crippen LogP contribution in [0.4, 0.5) is 0 Å². The van der Waals surface area contributed by atoms with Gasteiger partial charge in [0.25, 0.3) is 0 Å². The molecule has 0 aromatic carbocycles. The predicted molar refractivity (Wildman–Crippen MR) is 110 cm³/mol. The van der Waals surface area contributed by atoms with Gasteiger partial charge in [-0.1, -0.05) is 18.2 Å². The van der Waals surface area contributed by atoms with Gasteiger partial charge in [-0.3, -0.25) is 4.99 Å². The summed E-state index contributed by atoms with van der Waals surface area (Å²) in [6, 6.07) is 0. The van der Waals surface area contributed by atoms with E-state index in [-0.39, 0.29) is 6.10 Å². The predicted octanol–water partition coefficient (Wildman–Crippen LogP) is 4.71. The van der Waals surface area contributed by atoms with E-state index in [0.29, 0.717) is 5.92 Å². The van der Waals surface area contributed by atoms with Gasteiger partial charge in [0.05, 0.1) is 5.76 Å². The van der Waals surface area contributed by atoms with Crippen LogP contribution in [0.2, 0.25) is 0 Å². The summed E-state index contributed by atoms with van der Waals surface area (Å²) in [6.07, 6.45) is 17.9. The van der Waals surface area contributed by atoms with Gasteiger partial charge in [0, 0.05) is 18.7 Å². The third kappa shape index (κ3) is 4.45.